The Hall–Kier alpha value is -3.53. The Bertz CT molecular complexity index is 900. The molecule has 0 saturated heterocycles. The molecule has 0 spiro atoms. The highest BCUT2D eigenvalue weighted by Gasteiger charge is 2.18. The van der Waals surface area contributed by atoms with Crippen molar-refractivity contribution in [2.75, 3.05) is 0 Å². The first kappa shape index (κ1) is 18.8. The third kappa shape index (κ3) is 4.98. The molecule has 3 aromatic rings. The summed E-state index contributed by atoms with van der Waals surface area (Å²) in [5, 5.41) is 8.38. The quantitative estimate of drug-likeness (QED) is 0.560. The molecule has 3 aromatic carbocycles. The Kier molecular flexibility index (Phi) is 6.57. The average Bonchev–Trinajstić information content (AvgIpc) is 2.69. The van der Waals surface area contributed by atoms with Gasteiger partial charge in [0.1, 0.15) is 0 Å². The summed E-state index contributed by atoms with van der Waals surface area (Å²) < 4.78 is 0. The zero-order chi connectivity index (χ0) is 18.9. The molecule has 0 saturated carbocycles. The fraction of sp³-hybridized carbons (Fsp3) is 0.0455. The molecule has 3 rings (SSSR count). The first-order valence-electron chi connectivity index (χ1n) is 7.98. The molecule has 0 bridgehead atoms. The van der Waals surface area contributed by atoms with Gasteiger partial charge in [-0.05, 0) is 24.6 Å². The second-order valence-corrected chi connectivity index (χ2v) is 5.51. The summed E-state index contributed by atoms with van der Waals surface area (Å²) in [7, 11) is 0. The van der Waals surface area contributed by atoms with Crippen LogP contribution in [-0.2, 0) is 0 Å². The summed E-state index contributed by atoms with van der Waals surface area (Å²) in [5.74, 6) is -1.79. The summed E-state index contributed by atoms with van der Waals surface area (Å²) >= 11 is 0. The number of benzene rings is 3. The highest BCUT2D eigenvalue weighted by molar-refractivity contribution is 6.49. The standard InChI is InChI=1S/C15H12O2.C7H6O2/c1-11-7-5-6-10-13(11)15(17)14(16)12-8-3-2-4-9-12;8-7(9)6-4-2-1-3-5-6/h2-10H,1H3;1-5H,(H,8,9). The Labute approximate surface area is 151 Å². The maximum absolute atomic E-state index is 12.0. The van der Waals surface area contributed by atoms with Crippen LogP contribution in [0.25, 0.3) is 0 Å². The Morgan fingerprint density at radius 2 is 1.08 bits per heavy atom. The molecular weight excluding hydrogens is 328 g/mol. The zero-order valence-electron chi connectivity index (χ0n) is 14.3. The van der Waals surface area contributed by atoms with Gasteiger partial charge in [-0.25, -0.2) is 4.79 Å². The van der Waals surface area contributed by atoms with Crippen molar-refractivity contribution >= 4 is 17.5 Å². The molecule has 0 aliphatic rings. The average molecular weight is 346 g/mol. The van der Waals surface area contributed by atoms with Crippen molar-refractivity contribution in [2.24, 2.45) is 0 Å². The van der Waals surface area contributed by atoms with Gasteiger partial charge in [0.15, 0.2) is 0 Å². The Morgan fingerprint density at radius 3 is 1.54 bits per heavy atom. The molecule has 0 aliphatic heterocycles. The van der Waals surface area contributed by atoms with Gasteiger partial charge in [-0.2, -0.15) is 0 Å². The van der Waals surface area contributed by atoms with Crippen molar-refractivity contribution in [1.82, 2.24) is 0 Å². The van der Waals surface area contributed by atoms with E-state index in [1.165, 1.54) is 0 Å². The van der Waals surface area contributed by atoms with E-state index in [-0.39, 0.29) is 0 Å². The SMILES string of the molecule is Cc1ccccc1C(=O)C(=O)c1ccccc1.O=C(O)c1ccccc1. The highest BCUT2D eigenvalue weighted by Crippen LogP contribution is 2.11. The number of rotatable bonds is 4. The van der Waals surface area contributed by atoms with Crippen LogP contribution in [0.5, 0.6) is 0 Å². The third-order valence-corrected chi connectivity index (χ3v) is 3.65. The number of carboxylic acids is 1. The van der Waals surface area contributed by atoms with Gasteiger partial charge in [0, 0.05) is 11.1 Å². The van der Waals surface area contributed by atoms with Crippen molar-refractivity contribution in [3.63, 3.8) is 0 Å². The molecule has 0 heterocycles. The number of hydrogen-bond acceptors (Lipinski definition) is 3. The molecule has 1 N–H and O–H groups in total. The molecule has 26 heavy (non-hydrogen) atoms. The molecule has 130 valence electrons. The number of aromatic carboxylic acids is 1. The van der Waals surface area contributed by atoms with Crippen molar-refractivity contribution in [2.45, 2.75) is 6.92 Å². The second kappa shape index (κ2) is 9.08. The number of carbonyl (C=O) groups excluding carboxylic acids is 2. The van der Waals surface area contributed by atoms with Gasteiger partial charge in [0.2, 0.25) is 11.6 Å². The predicted molar refractivity (Wildman–Crippen MR) is 99.7 cm³/mol. The van der Waals surface area contributed by atoms with Crippen LogP contribution in [0.4, 0.5) is 0 Å². The van der Waals surface area contributed by atoms with Gasteiger partial charge in [-0.3, -0.25) is 9.59 Å². The van der Waals surface area contributed by atoms with Crippen LogP contribution in [0.15, 0.2) is 84.9 Å². The summed E-state index contributed by atoms with van der Waals surface area (Å²) in [5.41, 5.74) is 2.06. The van der Waals surface area contributed by atoms with E-state index in [9.17, 15) is 14.4 Å². The molecule has 0 atom stereocenters. The third-order valence-electron chi connectivity index (χ3n) is 3.65. The van der Waals surface area contributed by atoms with Crippen LogP contribution in [0.3, 0.4) is 0 Å². The minimum atomic E-state index is -0.879. The number of ketones is 2. The lowest BCUT2D eigenvalue weighted by Crippen LogP contribution is -2.15. The number of Topliss-reactive ketones (excluding diaryl/α,β-unsaturated/α-hetero) is 2. The minimum Gasteiger partial charge on any atom is -0.478 e. The van der Waals surface area contributed by atoms with E-state index in [4.69, 9.17) is 5.11 Å². The largest absolute Gasteiger partial charge is 0.478 e. The van der Waals surface area contributed by atoms with Gasteiger partial charge in [0.05, 0.1) is 5.56 Å². The lowest BCUT2D eigenvalue weighted by atomic mass is 9.98. The Balaban J connectivity index is 0.000000228. The second-order valence-electron chi connectivity index (χ2n) is 5.51. The molecule has 4 heteroatoms. The lowest BCUT2D eigenvalue weighted by molar-refractivity contribution is 0.0696. The van der Waals surface area contributed by atoms with Crippen molar-refractivity contribution in [1.29, 1.82) is 0 Å². The summed E-state index contributed by atoms with van der Waals surface area (Å²) in [4.78, 5) is 34.2. The molecule has 4 nitrogen and oxygen atoms in total. The molecule has 0 amide bonds. The fourth-order valence-corrected chi connectivity index (χ4v) is 2.25. The number of aryl methyl sites for hydroxylation is 1. The van der Waals surface area contributed by atoms with Crippen LogP contribution in [-0.4, -0.2) is 22.6 Å². The summed E-state index contributed by atoms with van der Waals surface area (Å²) in [6, 6.07) is 24.0. The first-order valence-corrected chi connectivity index (χ1v) is 7.98. The van der Waals surface area contributed by atoms with Gasteiger partial charge in [0.25, 0.3) is 0 Å². The van der Waals surface area contributed by atoms with E-state index in [0.717, 1.165) is 5.56 Å². The van der Waals surface area contributed by atoms with E-state index in [0.29, 0.717) is 16.7 Å². The molecule has 0 radical (unpaired) electrons. The van der Waals surface area contributed by atoms with E-state index in [2.05, 4.69) is 0 Å². The van der Waals surface area contributed by atoms with Crippen LogP contribution in [0, 0.1) is 6.92 Å². The van der Waals surface area contributed by atoms with E-state index in [1.54, 1.807) is 66.7 Å². The van der Waals surface area contributed by atoms with Crippen LogP contribution in [0.1, 0.15) is 36.6 Å². The maximum Gasteiger partial charge on any atom is 0.335 e. The molecule has 0 fully saturated rings. The van der Waals surface area contributed by atoms with Crippen LogP contribution in [0.2, 0.25) is 0 Å². The van der Waals surface area contributed by atoms with Gasteiger partial charge in [-0.1, -0.05) is 72.8 Å². The van der Waals surface area contributed by atoms with E-state index < -0.39 is 17.5 Å². The molecule has 0 aliphatic carbocycles. The number of carboxylic acid groups (broad SMARTS) is 1. The maximum atomic E-state index is 12.0. The Morgan fingerprint density at radius 1 is 0.615 bits per heavy atom. The van der Waals surface area contributed by atoms with Gasteiger partial charge in [-0.15, -0.1) is 0 Å². The minimum absolute atomic E-state index is 0.331. The fourth-order valence-electron chi connectivity index (χ4n) is 2.25. The predicted octanol–water partition coefficient (Wildman–Crippen LogP) is 4.45. The molecular formula is C22H18O4. The van der Waals surface area contributed by atoms with E-state index >= 15 is 0 Å². The van der Waals surface area contributed by atoms with Gasteiger partial charge < -0.3 is 5.11 Å². The van der Waals surface area contributed by atoms with Gasteiger partial charge >= 0.3 is 5.97 Å². The van der Waals surface area contributed by atoms with Crippen molar-refractivity contribution in [3.8, 4) is 0 Å². The zero-order valence-corrected chi connectivity index (χ0v) is 14.3. The molecule has 0 aromatic heterocycles. The highest BCUT2D eigenvalue weighted by atomic mass is 16.4. The van der Waals surface area contributed by atoms with E-state index in [1.807, 2.05) is 25.1 Å². The topological polar surface area (TPSA) is 71.4 Å². The number of carbonyl (C=O) groups is 3. The number of hydrogen-bond donors (Lipinski definition) is 1. The first-order chi connectivity index (χ1) is 12.5. The van der Waals surface area contributed by atoms with Crippen molar-refractivity contribution in [3.05, 3.63) is 107 Å². The van der Waals surface area contributed by atoms with Crippen LogP contribution >= 0.6 is 0 Å². The lowest BCUT2D eigenvalue weighted by Gasteiger charge is -2.03. The molecule has 0 unspecified atom stereocenters. The smallest absolute Gasteiger partial charge is 0.335 e. The monoisotopic (exact) mass is 346 g/mol. The normalized spacial score (nSPS) is 9.58. The van der Waals surface area contributed by atoms with Crippen molar-refractivity contribution < 1.29 is 19.5 Å². The van der Waals surface area contributed by atoms with Crippen LogP contribution < -0.4 is 0 Å². The summed E-state index contributed by atoms with van der Waals surface area (Å²) in [6.45, 7) is 1.82. The summed E-state index contributed by atoms with van der Waals surface area (Å²) in [6.07, 6.45) is 0.